The number of nitrogens with one attached hydrogen (secondary N) is 1. The van der Waals surface area contributed by atoms with Crippen molar-refractivity contribution in [2.45, 2.75) is 0 Å². The minimum absolute atomic E-state index is 0.753. The van der Waals surface area contributed by atoms with Gasteiger partial charge in [-0.1, -0.05) is 0 Å². The number of hydrogen-bond acceptors (Lipinski definition) is 5. The van der Waals surface area contributed by atoms with Crippen LogP contribution in [0, 0.1) is 0 Å². The van der Waals surface area contributed by atoms with Crippen molar-refractivity contribution >= 4 is 17.1 Å². The first kappa shape index (κ1) is 8.60. The van der Waals surface area contributed by atoms with Crippen LogP contribution in [0.3, 0.4) is 0 Å². The molecule has 2 aromatic rings. The number of rotatable bonds is 1. The van der Waals surface area contributed by atoms with Crippen LogP contribution in [0.1, 0.15) is 0 Å². The first-order chi connectivity index (χ1) is 7.43. The molecule has 78 valence electrons. The predicted molar refractivity (Wildman–Crippen MR) is 54.7 cm³/mol. The number of morpholine rings is 1. The summed E-state index contributed by atoms with van der Waals surface area (Å²) >= 11 is 0. The summed E-state index contributed by atoms with van der Waals surface area (Å²) < 4.78 is 5.28. The standard InChI is InChI=1S/C9H11N5O/c1-3-15-4-2-14(1)9-12-7-5-10-6-11-8(7)13-9/h5-6H,1-4H2,(H,10,11,12,13). The number of aromatic nitrogens is 4. The number of ether oxygens (including phenoxy) is 1. The van der Waals surface area contributed by atoms with E-state index in [9.17, 15) is 0 Å². The molecule has 0 bridgehead atoms. The van der Waals surface area contributed by atoms with Crippen LogP contribution in [0.25, 0.3) is 11.2 Å². The normalized spacial score (nSPS) is 17.2. The van der Waals surface area contributed by atoms with E-state index in [1.165, 1.54) is 6.33 Å². The maximum absolute atomic E-state index is 5.28. The highest BCUT2D eigenvalue weighted by molar-refractivity contribution is 5.72. The van der Waals surface area contributed by atoms with Crippen molar-refractivity contribution in [2.75, 3.05) is 31.2 Å². The average molecular weight is 205 g/mol. The smallest absolute Gasteiger partial charge is 0.205 e. The van der Waals surface area contributed by atoms with Crippen LogP contribution in [-0.2, 0) is 4.74 Å². The van der Waals surface area contributed by atoms with E-state index >= 15 is 0 Å². The molecule has 0 amide bonds. The van der Waals surface area contributed by atoms with Crippen LogP contribution in [0.5, 0.6) is 0 Å². The molecule has 3 rings (SSSR count). The average Bonchev–Trinajstić information content (AvgIpc) is 2.74. The van der Waals surface area contributed by atoms with Gasteiger partial charge in [-0.15, -0.1) is 0 Å². The van der Waals surface area contributed by atoms with Crippen molar-refractivity contribution in [3.63, 3.8) is 0 Å². The van der Waals surface area contributed by atoms with E-state index in [2.05, 4.69) is 24.8 Å². The van der Waals surface area contributed by atoms with Crippen molar-refractivity contribution in [1.82, 2.24) is 19.9 Å². The predicted octanol–water partition coefficient (Wildman–Crippen LogP) is 0.189. The summed E-state index contributed by atoms with van der Waals surface area (Å²) in [4.78, 5) is 17.8. The zero-order chi connectivity index (χ0) is 10.1. The fourth-order valence-corrected chi connectivity index (χ4v) is 1.67. The van der Waals surface area contributed by atoms with E-state index in [0.717, 1.165) is 43.4 Å². The van der Waals surface area contributed by atoms with Crippen molar-refractivity contribution < 1.29 is 4.74 Å². The molecule has 3 heterocycles. The van der Waals surface area contributed by atoms with Crippen molar-refractivity contribution in [1.29, 1.82) is 0 Å². The van der Waals surface area contributed by atoms with Crippen LogP contribution in [0.2, 0.25) is 0 Å². The van der Waals surface area contributed by atoms with Gasteiger partial charge in [-0.25, -0.2) is 15.0 Å². The third-order valence-electron chi connectivity index (χ3n) is 2.46. The van der Waals surface area contributed by atoms with Gasteiger partial charge in [0.2, 0.25) is 5.95 Å². The van der Waals surface area contributed by atoms with Gasteiger partial charge in [0, 0.05) is 13.1 Å². The van der Waals surface area contributed by atoms with E-state index in [4.69, 9.17) is 4.74 Å². The first-order valence-electron chi connectivity index (χ1n) is 4.92. The molecule has 0 aromatic carbocycles. The Morgan fingerprint density at radius 2 is 2.20 bits per heavy atom. The Morgan fingerprint density at radius 1 is 1.33 bits per heavy atom. The molecule has 1 aliphatic rings. The van der Waals surface area contributed by atoms with Crippen LogP contribution in [0.4, 0.5) is 5.95 Å². The molecule has 0 saturated carbocycles. The molecule has 0 unspecified atom stereocenters. The molecule has 0 aliphatic carbocycles. The fourth-order valence-electron chi connectivity index (χ4n) is 1.67. The lowest BCUT2D eigenvalue weighted by Gasteiger charge is -2.25. The quantitative estimate of drug-likeness (QED) is 0.719. The topological polar surface area (TPSA) is 66.9 Å². The fraction of sp³-hybridized carbons (Fsp3) is 0.444. The largest absolute Gasteiger partial charge is 0.378 e. The second-order valence-electron chi connectivity index (χ2n) is 3.42. The van der Waals surface area contributed by atoms with Crippen molar-refractivity contribution in [3.05, 3.63) is 12.5 Å². The first-order valence-corrected chi connectivity index (χ1v) is 4.92. The van der Waals surface area contributed by atoms with E-state index < -0.39 is 0 Å². The minimum Gasteiger partial charge on any atom is -0.378 e. The third-order valence-corrected chi connectivity index (χ3v) is 2.46. The Kier molecular flexibility index (Phi) is 1.99. The summed E-state index contributed by atoms with van der Waals surface area (Å²) in [5.74, 6) is 0.855. The van der Waals surface area contributed by atoms with E-state index in [-0.39, 0.29) is 0 Å². The Morgan fingerprint density at radius 3 is 3.00 bits per heavy atom. The number of H-pyrrole nitrogens is 1. The molecule has 1 fully saturated rings. The number of anilines is 1. The van der Waals surface area contributed by atoms with Gasteiger partial charge in [-0.2, -0.15) is 0 Å². The molecule has 2 aromatic heterocycles. The van der Waals surface area contributed by atoms with Gasteiger partial charge < -0.3 is 14.6 Å². The molecular formula is C9H11N5O. The van der Waals surface area contributed by atoms with E-state index in [1.807, 2.05) is 0 Å². The maximum Gasteiger partial charge on any atom is 0.205 e. The zero-order valence-corrected chi connectivity index (χ0v) is 8.18. The van der Waals surface area contributed by atoms with Crippen LogP contribution in [-0.4, -0.2) is 46.2 Å². The number of fused-ring (bicyclic) bond motifs is 1. The van der Waals surface area contributed by atoms with Crippen molar-refractivity contribution in [2.24, 2.45) is 0 Å². The molecule has 6 nitrogen and oxygen atoms in total. The van der Waals surface area contributed by atoms with Crippen LogP contribution < -0.4 is 4.90 Å². The van der Waals surface area contributed by atoms with Gasteiger partial charge in [-0.3, -0.25) is 0 Å². The zero-order valence-electron chi connectivity index (χ0n) is 8.18. The summed E-state index contributed by atoms with van der Waals surface area (Å²) in [5.41, 5.74) is 1.59. The van der Waals surface area contributed by atoms with E-state index in [0.29, 0.717) is 0 Å². The van der Waals surface area contributed by atoms with Gasteiger partial charge in [0.05, 0.1) is 19.4 Å². The molecule has 1 N–H and O–H groups in total. The van der Waals surface area contributed by atoms with Crippen LogP contribution >= 0.6 is 0 Å². The molecule has 15 heavy (non-hydrogen) atoms. The summed E-state index contributed by atoms with van der Waals surface area (Å²) in [5, 5.41) is 0. The molecule has 0 spiro atoms. The Bertz CT molecular complexity index is 429. The molecule has 6 heteroatoms. The highest BCUT2D eigenvalue weighted by Crippen LogP contribution is 2.15. The Balaban J connectivity index is 1.96. The van der Waals surface area contributed by atoms with Gasteiger partial charge in [0.15, 0.2) is 5.65 Å². The lowest BCUT2D eigenvalue weighted by molar-refractivity contribution is 0.122. The molecular weight excluding hydrogens is 194 g/mol. The summed E-state index contributed by atoms with van der Waals surface area (Å²) in [7, 11) is 0. The monoisotopic (exact) mass is 205 g/mol. The molecule has 1 aliphatic heterocycles. The Hall–Kier alpha value is -1.69. The van der Waals surface area contributed by atoms with Crippen LogP contribution in [0.15, 0.2) is 12.5 Å². The van der Waals surface area contributed by atoms with Gasteiger partial charge in [0.25, 0.3) is 0 Å². The number of nitrogens with zero attached hydrogens (tertiary/aromatic N) is 4. The van der Waals surface area contributed by atoms with Gasteiger partial charge >= 0.3 is 0 Å². The molecule has 0 radical (unpaired) electrons. The van der Waals surface area contributed by atoms with Crippen molar-refractivity contribution in [3.8, 4) is 0 Å². The SMILES string of the molecule is c1ncc2nc(N3CCOCC3)[nH]c2n1. The minimum atomic E-state index is 0.753. The maximum atomic E-state index is 5.28. The lowest BCUT2D eigenvalue weighted by Crippen LogP contribution is -2.36. The third kappa shape index (κ3) is 1.52. The second kappa shape index (κ2) is 3.47. The van der Waals surface area contributed by atoms with E-state index in [1.54, 1.807) is 6.20 Å². The van der Waals surface area contributed by atoms with Gasteiger partial charge in [0.1, 0.15) is 11.8 Å². The number of hydrogen-bond donors (Lipinski definition) is 1. The summed E-state index contributed by atoms with van der Waals surface area (Å²) in [6.07, 6.45) is 3.23. The van der Waals surface area contributed by atoms with Gasteiger partial charge in [-0.05, 0) is 0 Å². The second-order valence-corrected chi connectivity index (χ2v) is 3.42. The Labute approximate surface area is 86.3 Å². The highest BCUT2D eigenvalue weighted by Gasteiger charge is 2.14. The number of aromatic amines is 1. The summed E-state index contributed by atoms with van der Waals surface area (Å²) in [6.45, 7) is 3.24. The highest BCUT2D eigenvalue weighted by atomic mass is 16.5. The number of imidazole rings is 1. The molecule has 1 saturated heterocycles. The summed E-state index contributed by atoms with van der Waals surface area (Å²) in [6, 6.07) is 0. The lowest BCUT2D eigenvalue weighted by atomic mass is 10.4. The molecule has 0 atom stereocenters.